The average molecular weight is 216 g/mol. The fraction of sp³-hybridized carbons (Fsp3) is 0.750. The Kier molecular flexibility index (Phi) is 17.3. The van der Waals surface area contributed by atoms with E-state index >= 15 is 0 Å². The van der Waals surface area contributed by atoms with E-state index < -0.39 is 5.97 Å². The summed E-state index contributed by atoms with van der Waals surface area (Å²) in [5.41, 5.74) is 0. The molecule has 0 spiro atoms. The van der Waals surface area contributed by atoms with Crippen LogP contribution in [0.25, 0.3) is 0 Å². The summed E-state index contributed by atoms with van der Waals surface area (Å²) in [6, 6.07) is 0. The van der Waals surface area contributed by atoms with Crippen molar-refractivity contribution < 1.29 is 15.0 Å². The van der Waals surface area contributed by atoms with Crippen molar-refractivity contribution in [2.24, 2.45) is 0 Å². The minimum atomic E-state index is -0.833. The molecular weight excluding hydrogens is 192 g/mol. The van der Waals surface area contributed by atoms with Crippen LogP contribution in [-0.2, 0) is 4.79 Å². The van der Waals surface area contributed by atoms with Crippen molar-refractivity contribution in [3.8, 4) is 0 Å². The lowest BCUT2D eigenvalue weighted by Gasteiger charge is -1.93. The second kappa shape index (κ2) is 15.6. The molecule has 0 fully saturated rings. The molecule has 0 aromatic carbocycles. The van der Waals surface area contributed by atoms with Crippen molar-refractivity contribution in [2.75, 3.05) is 6.61 Å². The van der Waals surface area contributed by atoms with Gasteiger partial charge < -0.3 is 10.2 Å². The van der Waals surface area contributed by atoms with Crippen LogP contribution in [0.4, 0.5) is 0 Å². The number of hydrogen-bond acceptors (Lipinski definition) is 2. The lowest BCUT2D eigenvalue weighted by Crippen LogP contribution is -1.78. The summed E-state index contributed by atoms with van der Waals surface area (Å²) in [7, 11) is 0. The number of carboxylic acid groups (broad SMARTS) is 1. The molecule has 0 bridgehead atoms. The number of unbranched alkanes of at least 4 members (excludes halogenated alkanes) is 4. The van der Waals surface area contributed by atoms with Crippen LogP contribution in [0.3, 0.4) is 0 Å². The Bertz CT molecular complexity index is 149. The van der Waals surface area contributed by atoms with Gasteiger partial charge >= 0.3 is 0 Å². The zero-order chi connectivity index (χ0) is 11.9. The summed E-state index contributed by atoms with van der Waals surface area (Å²) in [6.45, 7) is 3.59. The number of hydrogen-bond donors (Lipinski definition) is 2. The van der Waals surface area contributed by atoms with E-state index in [2.05, 4.69) is 19.1 Å². The minimum absolute atomic E-state index is 0.283. The van der Waals surface area contributed by atoms with Gasteiger partial charge in [0, 0.05) is 13.5 Å². The highest BCUT2D eigenvalue weighted by Crippen LogP contribution is 2.02. The third kappa shape index (κ3) is 32.0. The third-order valence-corrected chi connectivity index (χ3v) is 1.69. The maximum atomic E-state index is 9.00. The van der Waals surface area contributed by atoms with Crippen molar-refractivity contribution in [3.05, 3.63) is 12.2 Å². The Hall–Kier alpha value is -0.830. The Morgan fingerprint density at radius 3 is 2.13 bits per heavy atom. The summed E-state index contributed by atoms with van der Waals surface area (Å²) in [4.78, 5) is 9.00. The van der Waals surface area contributed by atoms with Gasteiger partial charge in [0.15, 0.2) is 0 Å². The Balaban J connectivity index is 0. The number of carboxylic acids is 1. The molecule has 0 aromatic heterocycles. The van der Waals surface area contributed by atoms with Crippen LogP contribution in [0.5, 0.6) is 0 Å². The largest absolute Gasteiger partial charge is 0.481 e. The van der Waals surface area contributed by atoms with Crippen LogP contribution >= 0.6 is 0 Å². The van der Waals surface area contributed by atoms with E-state index in [1.807, 2.05) is 0 Å². The van der Waals surface area contributed by atoms with Crippen molar-refractivity contribution in [1.82, 2.24) is 0 Å². The number of aliphatic hydroxyl groups is 1. The summed E-state index contributed by atoms with van der Waals surface area (Å²) < 4.78 is 0. The minimum Gasteiger partial charge on any atom is -0.481 e. The van der Waals surface area contributed by atoms with Crippen molar-refractivity contribution >= 4 is 5.97 Å². The van der Waals surface area contributed by atoms with Gasteiger partial charge in [0.2, 0.25) is 0 Å². The van der Waals surface area contributed by atoms with Crippen LogP contribution in [0.2, 0.25) is 0 Å². The first-order valence-corrected chi connectivity index (χ1v) is 5.60. The van der Waals surface area contributed by atoms with Crippen LogP contribution in [-0.4, -0.2) is 22.8 Å². The molecule has 0 aliphatic carbocycles. The van der Waals surface area contributed by atoms with Crippen LogP contribution in [0, 0.1) is 0 Å². The molecule has 3 heteroatoms. The third-order valence-electron chi connectivity index (χ3n) is 1.69. The van der Waals surface area contributed by atoms with Gasteiger partial charge in [-0.3, -0.25) is 4.79 Å². The molecule has 0 saturated heterocycles. The van der Waals surface area contributed by atoms with Crippen molar-refractivity contribution in [2.45, 2.75) is 52.4 Å². The quantitative estimate of drug-likeness (QED) is 0.508. The van der Waals surface area contributed by atoms with Gasteiger partial charge in [0.05, 0.1) is 0 Å². The fourth-order valence-electron chi connectivity index (χ4n) is 0.999. The first-order chi connectivity index (χ1) is 7.15. The zero-order valence-corrected chi connectivity index (χ0v) is 9.91. The molecule has 0 radical (unpaired) electrons. The summed E-state index contributed by atoms with van der Waals surface area (Å²) in [6.07, 6.45) is 11.5. The number of allylic oxidation sites excluding steroid dienone is 1. The van der Waals surface area contributed by atoms with Gasteiger partial charge in [-0.1, -0.05) is 38.3 Å². The molecular formula is C12H24O3. The molecule has 0 unspecified atom stereocenters. The van der Waals surface area contributed by atoms with E-state index in [1.165, 1.54) is 32.1 Å². The highest BCUT2D eigenvalue weighted by Gasteiger charge is 1.83. The highest BCUT2D eigenvalue weighted by atomic mass is 16.4. The van der Waals surface area contributed by atoms with Crippen molar-refractivity contribution in [3.63, 3.8) is 0 Å². The van der Waals surface area contributed by atoms with E-state index in [0.29, 0.717) is 0 Å². The van der Waals surface area contributed by atoms with E-state index in [9.17, 15) is 0 Å². The van der Waals surface area contributed by atoms with Gasteiger partial charge in [-0.25, -0.2) is 0 Å². The second-order valence-corrected chi connectivity index (χ2v) is 3.35. The number of aliphatic hydroxyl groups excluding tert-OH is 1. The first kappa shape index (κ1) is 16.6. The molecule has 0 heterocycles. The number of carbonyl (C=O) groups is 1. The molecule has 0 aromatic rings. The van der Waals surface area contributed by atoms with Gasteiger partial charge in [-0.15, -0.1) is 0 Å². The summed E-state index contributed by atoms with van der Waals surface area (Å²) in [5.74, 6) is -0.833. The van der Waals surface area contributed by atoms with Crippen molar-refractivity contribution in [1.29, 1.82) is 0 Å². The zero-order valence-electron chi connectivity index (χ0n) is 9.91. The molecule has 0 amide bonds. The summed E-state index contributed by atoms with van der Waals surface area (Å²) >= 11 is 0. The predicted octanol–water partition coefficient (Wildman–Crippen LogP) is 2.99. The SMILES string of the molecule is CC(=O)O.CCCCCCC=CCCO. The molecule has 3 nitrogen and oxygen atoms in total. The van der Waals surface area contributed by atoms with Gasteiger partial charge in [0.25, 0.3) is 5.97 Å². The van der Waals surface area contributed by atoms with Gasteiger partial charge in [-0.05, 0) is 19.3 Å². The van der Waals surface area contributed by atoms with E-state index in [0.717, 1.165) is 13.3 Å². The topological polar surface area (TPSA) is 57.5 Å². The van der Waals surface area contributed by atoms with Gasteiger partial charge in [-0.2, -0.15) is 0 Å². The lowest BCUT2D eigenvalue weighted by atomic mass is 10.1. The second-order valence-electron chi connectivity index (χ2n) is 3.35. The average Bonchev–Trinajstić information content (AvgIpc) is 2.16. The van der Waals surface area contributed by atoms with E-state index in [4.69, 9.17) is 15.0 Å². The lowest BCUT2D eigenvalue weighted by molar-refractivity contribution is -0.134. The number of aliphatic carboxylic acids is 1. The van der Waals surface area contributed by atoms with E-state index in [-0.39, 0.29) is 6.61 Å². The standard InChI is InChI=1S/C10H20O.C2H4O2/c1-2-3-4-5-6-7-8-9-10-11;1-2(3)4/h7-8,11H,2-6,9-10H2,1H3;1H3,(H,3,4). The van der Waals surface area contributed by atoms with Gasteiger partial charge in [0.1, 0.15) is 0 Å². The highest BCUT2D eigenvalue weighted by molar-refractivity contribution is 5.62. The van der Waals surface area contributed by atoms with Crippen LogP contribution < -0.4 is 0 Å². The molecule has 0 aliphatic heterocycles. The van der Waals surface area contributed by atoms with Crippen LogP contribution in [0.15, 0.2) is 12.2 Å². The van der Waals surface area contributed by atoms with E-state index in [1.54, 1.807) is 0 Å². The molecule has 90 valence electrons. The number of rotatable bonds is 7. The smallest absolute Gasteiger partial charge is 0.300 e. The Morgan fingerprint density at radius 1 is 1.13 bits per heavy atom. The fourth-order valence-corrected chi connectivity index (χ4v) is 0.999. The molecule has 0 atom stereocenters. The Labute approximate surface area is 92.8 Å². The molecule has 0 rings (SSSR count). The summed E-state index contributed by atoms with van der Waals surface area (Å²) in [5, 5.41) is 15.9. The maximum absolute atomic E-state index is 9.00. The Morgan fingerprint density at radius 2 is 1.67 bits per heavy atom. The molecule has 15 heavy (non-hydrogen) atoms. The maximum Gasteiger partial charge on any atom is 0.300 e. The monoisotopic (exact) mass is 216 g/mol. The van der Waals surface area contributed by atoms with Crippen LogP contribution in [0.1, 0.15) is 52.4 Å². The predicted molar refractivity (Wildman–Crippen MR) is 62.9 cm³/mol. The molecule has 2 N–H and O–H groups in total. The first-order valence-electron chi connectivity index (χ1n) is 5.60. The molecule has 0 saturated carbocycles. The normalized spacial score (nSPS) is 9.80. The molecule has 0 aliphatic rings.